The summed E-state index contributed by atoms with van der Waals surface area (Å²) in [6.45, 7) is 9.84. The summed E-state index contributed by atoms with van der Waals surface area (Å²) in [5.74, 6) is 1.57. The van der Waals surface area contributed by atoms with E-state index in [1.807, 2.05) is 20.8 Å². The summed E-state index contributed by atoms with van der Waals surface area (Å²) in [6, 6.07) is 0. The Hall–Kier alpha value is -0.570. The minimum atomic E-state index is -0.448. The summed E-state index contributed by atoms with van der Waals surface area (Å²) < 4.78 is 0. The number of nitrogens with one attached hydrogen (secondary N) is 2. The van der Waals surface area contributed by atoms with E-state index in [1.165, 1.54) is 19.3 Å². The number of amides is 1. The van der Waals surface area contributed by atoms with E-state index in [-0.39, 0.29) is 5.91 Å². The Kier molecular flexibility index (Phi) is 4.78. The van der Waals surface area contributed by atoms with Crippen LogP contribution in [0.25, 0.3) is 0 Å². The van der Waals surface area contributed by atoms with Crippen LogP contribution in [-0.4, -0.2) is 24.5 Å². The van der Waals surface area contributed by atoms with Gasteiger partial charge < -0.3 is 10.6 Å². The normalized spacial score (nSPS) is 25.8. The predicted molar refractivity (Wildman–Crippen MR) is 67.3 cm³/mol. The second kappa shape index (κ2) is 5.67. The summed E-state index contributed by atoms with van der Waals surface area (Å²) in [6.07, 6.45) is 3.90. The SMILES string of the molecule is CCNC(C)(C)C(=O)NCC1CCCC1C. The van der Waals surface area contributed by atoms with Gasteiger partial charge in [-0.3, -0.25) is 4.79 Å². The van der Waals surface area contributed by atoms with Crippen LogP contribution in [-0.2, 0) is 4.79 Å². The van der Waals surface area contributed by atoms with Crippen molar-refractivity contribution in [3.05, 3.63) is 0 Å². The Morgan fingerprint density at radius 2 is 2.06 bits per heavy atom. The van der Waals surface area contributed by atoms with Crippen LogP contribution in [0, 0.1) is 11.8 Å². The molecule has 1 rings (SSSR count). The van der Waals surface area contributed by atoms with E-state index in [4.69, 9.17) is 0 Å². The Morgan fingerprint density at radius 1 is 1.38 bits per heavy atom. The highest BCUT2D eigenvalue weighted by Gasteiger charge is 2.28. The van der Waals surface area contributed by atoms with E-state index >= 15 is 0 Å². The van der Waals surface area contributed by atoms with Crippen molar-refractivity contribution in [1.29, 1.82) is 0 Å². The average Bonchev–Trinajstić information content (AvgIpc) is 2.60. The molecule has 0 aromatic carbocycles. The standard InChI is InChI=1S/C13H26N2O/c1-5-15-13(3,4)12(16)14-9-11-8-6-7-10(11)2/h10-11,15H,5-9H2,1-4H3,(H,14,16). The fraction of sp³-hybridized carbons (Fsp3) is 0.923. The number of hydrogen-bond donors (Lipinski definition) is 2. The molecule has 0 saturated heterocycles. The van der Waals surface area contributed by atoms with Gasteiger partial charge in [0.15, 0.2) is 0 Å². The molecule has 0 aromatic rings. The third-order valence-corrected chi connectivity index (χ3v) is 3.75. The van der Waals surface area contributed by atoms with Crippen LogP contribution in [0.15, 0.2) is 0 Å². The molecule has 0 aliphatic heterocycles. The van der Waals surface area contributed by atoms with E-state index in [0.717, 1.165) is 19.0 Å². The van der Waals surface area contributed by atoms with E-state index in [9.17, 15) is 4.79 Å². The van der Waals surface area contributed by atoms with Crippen molar-refractivity contribution in [2.45, 2.75) is 52.5 Å². The molecular formula is C13H26N2O. The van der Waals surface area contributed by atoms with Crippen LogP contribution in [0.5, 0.6) is 0 Å². The molecule has 94 valence electrons. The van der Waals surface area contributed by atoms with E-state index in [1.54, 1.807) is 0 Å². The van der Waals surface area contributed by atoms with Gasteiger partial charge >= 0.3 is 0 Å². The molecule has 1 aliphatic rings. The topological polar surface area (TPSA) is 41.1 Å². The molecule has 2 atom stereocenters. The smallest absolute Gasteiger partial charge is 0.239 e. The first-order valence-corrected chi connectivity index (χ1v) is 6.50. The lowest BCUT2D eigenvalue weighted by Crippen LogP contribution is -2.53. The van der Waals surface area contributed by atoms with E-state index in [2.05, 4.69) is 17.6 Å². The second-order valence-electron chi connectivity index (χ2n) is 5.53. The predicted octanol–water partition coefficient (Wildman–Crippen LogP) is 1.93. The Bertz CT molecular complexity index is 238. The van der Waals surface area contributed by atoms with Crippen LogP contribution in [0.3, 0.4) is 0 Å². The molecule has 0 radical (unpaired) electrons. The van der Waals surface area contributed by atoms with Gasteiger partial charge in [0.1, 0.15) is 0 Å². The summed E-state index contributed by atoms with van der Waals surface area (Å²) in [4.78, 5) is 11.9. The Morgan fingerprint density at radius 3 is 2.56 bits per heavy atom. The first kappa shape index (κ1) is 13.5. The van der Waals surface area contributed by atoms with E-state index < -0.39 is 5.54 Å². The van der Waals surface area contributed by atoms with Crippen molar-refractivity contribution in [2.24, 2.45) is 11.8 Å². The third-order valence-electron chi connectivity index (χ3n) is 3.75. The zero-order valence-corrected chi connectivity index (χ0v) is 11.1. The number of hydrogen-bond acceptors (Lipinski definition) is 2. The zero-order valence-electron chi connectivity index (χ0n) is 11.1. The fourth-order valence-electron chi connectivity index (χ4n) is 2.49. The maximum atomic E-state index is 11.9. The minimum absolute atomic E-state index is 0.119. The van der Waals surface area contributed by atoms with Gasteiger partial charge in [-0.05, 0) is 38.6 Å². The van der Waals surface area contributed by atoms with Gasteiger partial charge in [0.2, 0.25) is 5.91 Å². The van der Waals surface area contributed by atoms with Crippen molar-refractivity contribution in [2.75, 3.05) is 13.1 Å². The van der Waals surface area contributed by atoms with Crippen LogP contribution in [0.1, 0.15) is 47.0 Å². The van der Waals surface area contributed by atoms with Gasteiger partial charge in [-0.15, -0.1) is 0 Å². The van der Waals surface area contributed by atoms with Gasteiger partial charge in [0, 0.05) is 6.54 Å². The lowest BCUT2D eigenvalue weighted by Gasteiger charge is -2.26. The molecule has 3 nitrogen and oxygen atoms in total. The highest BCUT2D eigenvalue weighted by Crippen LogP contribution is 2.30. The monoisotopic (exact) mass is 226 g/mol. The molecule has 0 spiro atoms. The lowest BCUT2D eigenvalue weighted by atomic mass is 9.97. The van der Waals surface area contributed by atoms with Gasteiger partial charge in [-0.25, -0.2) is 0 Å². The highest BCUT2D eigenvalue weighted by atomic mass is 16.2. The second-order valence-corrected chi connectivity index (χ2v) is 5.53. The number of carbonyl (C=O) groups is 1. The number of carbonyl (C=O) groups excluding carboxylic acids is 1. The molecular weight excluding hydrogens is 200 g/mol. The van der Waals surface area contributed by atoms with Crippen LogP contribution >= 0.6 is 0 Å². The molecule has 2 N–H and O–H groups in total. The Labute approximate surface area is 99.4 Å². The molecule has 1 fully saturated rings. The van der Waals surface area contributed by atoms with Gasteiger partial charge in [0.25, 0.3) is 0 Å². The molecule has 1 saturated carbocycles. The highest BCUT2D eigenvalue weighted by molar-refractivity contribution is 5.85. The van der Waals surface area contributed by atoms with Crippen LogP contribution in [0.4, 0.5) is 0 Å². The van der Waals surface area contributed by atoms with Crippen molar-refractivity contribution in [3.63, 3.8) is 0 Å². The molecule has 2 unspecified atom stereocenters. The quantitative estimate of drug-likeness (QED) is 0.752. The summed E-state index contributed by atoms with van der Waals surface area (Å²) in [7, 11) is 0. The molecule has 0 heterocycles. The summed E-state index contributed by atoms with van der Waals surface area (Å²) in [5.41, 5.74) is -0.448. The largest absolute Gasteiger partial charge is 0.354 e. The van der Waals surface area contributed by atoms with Crippen LogP contribution < -0.4 is 10.6 Å². The molecule has 0 aromatic heterocycles. The van der Waals surface area contributed by atoms with Gasteiger partial charge in [-0.2, -0.15) is 0 Å². The first-order valence-electron chi connectivity index (χ1n) is 6.50. The van der Waals surface area contributed by atoms with Crippen molar-refractivity contribution in [3.8, 4) is 0 Å². The van der Waals surface area contributed by atoms with E-state index in [0.29, 0.717) is 5.92 Å². The van der Waals surface area contributed by atoms with Crippen molar-refractivity contribution < 1.29 is 4.79 Å². The van der Waals surface area contributed by atoms with Gasteiger partial charge in [-0.1, -0.05) is 26.7 Å². The molecule has 1 aliphatic carbocycles. The minimum Gasteiger partial charge on any atom is -0.354 e. The van der Waals surface area contributed by atoms with Crippen LogP contribution in [0.2, 0.25) is 0 Å². The van der Waals surface area contributed by atoms with Crippen molar-refractivity contribution >= 4 is 5.91 Å². The maximum absolute atomic E-state index is 11.9. The fourth-order valence-corrected chi connectivity index (χ4v) is 2.49. The maximum Gasteiger partial charge on any atom is 0.239 e. The molecule has 16 heavy (non-hydrogen) atoms. The Balaban J connectivity index is 2.34. The number of likely N-dealkylation sites (N-methyl/N-ethyl adjacent to an activating group) is 1. The molecule has 3 heteroatoms. The number of rotatable bonds is 5. The van der Waals surface area contributed by atoms with Crippen molar-refractivity contribution in [1.82, 2.24) is 10.6 Å². The van der Waals surface area contributed by atoms with Gasteiger partial charge in [0.05, 0.1) is 5.54 Å². The first-order chi connectivity index (χ1) is 7.47. The summed E-state index contributed by atoms with van der Waals surface area (Å²) >= 11 is 0. The lowest BCUT2D eigenvalue weighted by molar-refractivity contribution is -0.126. The molecule has 0 bridgehead atoms. The zero-order chi connectivity index (χ0) is 12.2. The average molecular weight is 226 g/mol. The third kappa shape index (κ3) is 3.48. The summed E-state index contributed by atoms with van der Waals surface area (Å²) in [5, 5.41) is 6.27. The molecule has 1 amide bonds.